The average molecular weight is 472 g/mol. The van der Waals surface area contributed by atoms with Gasteiger partial charge in [0.05, 0.1) is 20.2 Å². The summed E-state index contributed by atoms with van der Waals surface area (Å²) in [6, 6.07) is 7.92. The lowest BCUT2D eigenvalue weighted by Crippen LogP contribution is -2.47. The van der Waals surface area contributed by atoms with Gasteiger partial charge in [0.15, 0.2) is 11.8 Å². The molecule has 0 bridgehead atoms. The van der Waals surface area contributed by atoms with Crippen LogP contribution in [0.3, 0.4) is 0 Å². The second kappa shape index (κ2) is 9.75. The molecule has 2 aromatic rings. The first-order valence-electron chi connectivity index (χ1n) is 8.33. The number of hydrogen-bond donors (Lipinski definition) is 2. The van der Waals surface area contributed by atoms with E-state index in [1.54, 1.807) is 7.11 Å². The van der Waals surface area contributed by atoms with Gasteiger partial charge in [-0.25, -0.2) is 4.99 Å². The van der Waals surface area contributed by atoms with Crippen molar-refractivity contribution < 1.29 is 4.74 Å². The highest BCUT2D eigenvalue weighted by atomic mass is 127. The lowest BCUT2D eigenvalue weighted by Gasteiger charge is -2.24. The number of guanidine groups is 1. The average Bonchev–Trinajstić information content (AvgIpc) is 2.88. The summed E-state index contributed by atoms with van der Waals surface area (Å²) in [5, 5.41) is 15.0. The Hall–Kier alpha value is -1.84. The molecular weight excluding hydrogens is 443 g/mol. The number of aliphatic imine (C=N–C) groups is 1. The maximum atomic E-state index is 5.19. The lowest BCUT2D eigenvalue weighted by molar-refractivity contribution is 0.414. The minimum atomic E-state index is -0.0957. The van der Waals surface area contributed by atoms with E-state index in [4.69, 9.17) is 4.74 Å². The van der Waals surface area contributed by atoms with Crippen LogP contribution < -0.4 is 15.4 Å². The zero-order chi connectivity index (χ0) is 18.4. The second-order valence-electron chi connectivity index (χ2n) is 6.96. The summed E-state index contributed by atoms with van der Waals surface area (Å²) in [4.78, 5) is 4.68. The van der Waals surface area contributed by atoms with Gasteiger partial charge >= 0.3 is 0 Å². The molecule has 0 aliphatic rings. The number of aryl methyl sites for hydroxylation is 1. The van der Waals surface area contributed by atoms with Crippen molar-refractivity contribution in [2.24, 2.45) is 12.0 Å². The molecule has 26 heavy (non-hydrogen) atoms. The van der Waals surface area contributed by atoms with Crippen LogP contribution in [-0.4, -0.2) is 33.4 Å². The maximum Gasteiger partial charge on any atom is 0.192 e. The Morgan fingerprint density at radius 1 is 1.19 bits per heavy atom. The van der Waals surface area contributed by atoms with Crippen molar-refractivity contribution in [1.29, 1.82) is 0 Å². The van der Waals surface area contributed by atoms with Crippen molar-refractivity contribution in [3.05, 3.63) is 41.5 Å². The number of rotatable bonds is 5. The molecule has 2 N–H and O–H groups in total. The molecule has 1 aromatic carbocycles. The van der Waals surface area contributed by atoms with E-state index in [1.807, 2.05) is 42.8 Å². The fourth-order valence-electron chi connectivity index (χ4n) is 2.16. The van der Waals surface area contributed by atoms with E-state index in [-0.39, 0.29) is 29.5 Å². The molecule has 0 saturated heterocycles. The van der Waals surface area contributed by atoms with Crippen molar-refractivity contribution in [2.75, 3.05) is 7.11 Å². The third-order valence-corrected chi connectivity index (χ3v) is 3.67. The molecule has 0 atom stereocenters. The highest BCUT2D eigenvalue weighted by Crippen LogP contribution is 2.12. The van der Waals surface area contributed by atoms with Crippen LogP contribution in [0.4, 0.5) is 0 Å². The SMILES string of the molecule is COc1ccc(CN=C(NCc2nnc(C)n2C)NC(C)(C)C)cc1.I. The third-order valence-electron chi connectivity index (χ3n) is 3.67. The largest absolute Gasteiger partial charge is 0.497 e. The third kappa shape index (κ3) is 6.81. The summed E-state index contributed by atoms with van der Waals surface area (Å²) in [6.45, 7) is 9.37. The smallest absolute Gasteiger partial charge is 0.192 e. The van der Waals surface area contributed by atoms with Crippen LogP contribution >= 0.6 is 24.0 Å². The van der Waals surface area contributed by atoms with Crippen molar-refractivity contribution in [3.8, 4) is 5.75 Å². The Morgan fingerprint density at radius 2 is 1.85 bits per heavy atom. The van der Waals surface area contributed by atoms with Crippen molar-refractivity contribution in [2.45, 2.75) is 46.3 Å². The Balaban J connectivity index is 0.00000338. The minimum Gasteiger partial charge on any atom is -0.497 e. The van der Waals surface area contributed by atoms with Gasteiger partial charge in [-0.05, 0) is 45.4 Å². The molecule has 0 saturated carbocycles. The predicted molar refractivity (Wildman–Crippen MR) is 115 cm³/mol. The Bertz CT molecular complexity index is 718. The molecule has 8 heteroatoms. The van der Waals surface area contributed by atoms with E-state index < -0.39 is 0 Å². The number of halogens is 1. The zero-order valence-corrected chi connectivity index (χ0v) is 18.7. The molecule has 7 nitrogen and oxygen atoms in total. The molecule has 0 amide bonds. The number of nitrogens with zero attached hydrogens (tertiary/aromatic N) is 4. The van der Waals surface area contributed by atoms with E-state index in [2.05, 4.69) is 46.6 Å². The molecule has 0 radical (unpaired) electrons. The predicted octanol–water partition coefficient (Wildman–Crippen LogP) is 2.78. The first-order valence-corrected chi connectivity index (χ1v) is 8.33. The normalized spacial score (nSPS) is 11.7. The minimum absolute atomic E-state index is 0. The fraction of sp³-hybridized carbons (Fsp3) is 0.500. The first kappa shape index (κ1) is 22.2. The standard InChI is InChI=1S/C18H28N6O.HI/c1-13-22-23-16(24(13)5)12-20-17(21-18(2,3)4)19-11-14-7-9-15(25-6)10-8-14;/h7-10H,11-12H2,1-6H3,(H2,19,20,21);1H. The molecule has 0 unspecified atom stereocenters. The Kier molecular flexibility index (Phi) is 8.32. The highest BCUT2D eigenvalue weighted by Gasteiger charge is 2.13. The molecular formula is C18H29IN6O. The Morgan fingerprint density at radius 3 is 2.35 bits per heavy atom. The number of hydrogen-bond acceptors (Lipinski definition) is 4. The molecule has 144 valence electrons. The summed E-state index contributed by atoms with van der Waals surface area (Å²) in [5.74, 6) is 3.34. The van der Waals surface area contributed by atoms with Gasteiger partial charge in [0.2, 0.25) is 0 Å². The van der Waals surface area contributed by atoms with E-state index in [0.717, 1.165) is 28.9 Å². The van der Waals surface area contributed by atoms with Gasteiger partial charge in [-0.1, -0.05) is 12.1 Å². The van der Waals surface area contributed by atoms with Gasteiger partial charge in [-0.2, -0.15) is 0 Å². The number of ether oxygens (including phenoxy) is 1. The monoisotopic (exact) mass is 472 g/mol. The zero-order valence-electron chi connectivity index (χ0n) is 16.3. The quantitative estimate of drug-likeness (QED) is 0.398. The van der Waals surface area contributed by atoms with Crippen molar-refractivity contribution >= 4 is 29.9 Å². The second-order valence-corrected chi connectivity index (χ2v) is 6.96. The van der Waals surface area contributed by atoms with E-state index in [0.29, 0.717) is 13.1 Å². The summed E-state index contributed by atoms with van der Waals surface area (Å²) < 4.78 is 7.15. The van der Waals surface area contributed by atoms with Gasteiger partial charge in [0, 0.05) is 12.6 Å². The highest BCUT2D eigenvalue weighted by molar-refractivity contribution is 14.0. The van der Waals surface area contributed by atoms with E-state index >= 15 is 0 Å². The van der Waals surface area contributed by atoms with Crippen LogP contribution in [0.5, 0.6) is 5.75 Å². The molecule has 0 fully saturated rings. The van der Waals surface area contributed by atoms with Crippen LogP contribution in [0.1, 0.15) is 38.0 Å². The molecule has 0 aliphatic carbocycles. The number of nitrogens with one attached hydrogen (secondary N) is 2. The van der Waals surface area contributed by atoms with E-state index in [1.165, 1.54) is 0 Å². The van der Waals surface area contributed by atoms with Gasteiger partial charge in [-0.3, -0.25) is 0 Å². The van der Waals surface area contributed by atoms with Crippen molar-refractivity contribution in [1.82, 2.24) is 25.4 Å². The molecule has 0 aliphatic heterocycles. The van der Waals surface area contributed by atoms with E-state index in [9.17, 15) is 0 Å². The van der Waals surface area contributed by atoms with Crippen LogP contribution in [0, 0.1) is 6.92 Å². The van der Waals surface area contributed by atoms with Crippen LogP contribution in [0.15, 0.2) is 29.3 Å². The van der Waals surface area contributed by atoms with Gasteiger partial charge < -0.3 is 19.9 Å². The number of aromatic nitrogens is 3. The fourth-order valence-corrected chi connectivity index (χ4v) is 2.16. The summed E-state index contributed by atoms with van der Waals surface area (Å²) in [7, 11) is 3.62. The van der Waals surface area contributed by atoms with Crippen molar-refractivity contribution in [3.63, 3.8) is 0 Å². The number of methoxy groups -OCH3 is 1. The van der Waals surface area contributed by atoms with Gasteiger partial charge in [0.25, 0.3) is 0 Å². The summed E-state index contributed by atoms with van der Waals surface area (Å²) >= 11 is 0. The first-order chi connectivity index (χ1) is 11.8. The van der Waals surface area contributed by atoms with Crippen LogP contribution in [0.25, 0.3) is 0 Å². The molecule has 1 aromatic heterocycles. The molecule has 1 heterocycles. The maximum absolute atomic E-state index is 5.19. The number of benzene rings is 1. The molecule has 2 rings (SSSR count). The van der Waals surface area contributed by atoms with Gasteiger partial charge in [0.1, 0.15) is 11.6 Å². The topological polar surface area (TPSA) is 76.4 Å². The van der Waals surface area contributed by atoms with Crippen LogP contribution in [-0.2, 0) is 20.1 Å². The summed E-state index contributed by atoms with van der Waals surface area (Å²) in [5.41, 5.74) is 1.02. The summed E-state index contributed by atoms with van der Waals surface area (Å²) in [6.07, 6.45) is 0. The van der Waals surface area contributed by atoms with Crippen LogP contribution in [0.2, 0.25) is 0 Å². The molecule has 0 spiro atoms. The van der Waals surface area contributed by atoms with Gasteiger partial charge in [-0.15, -0.1) is 34.2 Å². The Labute approximate surface area is 172 Å². The lowest BCUT2D eigenvalue weighted by atomic mass is 10.1.